The van der Waals surface area contributed by atoms with Gasteiger partial charge in [0.1, 0.15) is 23.9 Å². The molecule has 5 nitrogen and oxygen atoms in total. The lowest BCUT2D eigenvalue weighted by Gasteiger charge is -2.18. The van der Waals surface area contributed by atoms with Crippen molar-refractivity contribution in [1.29, 1.82) is 0 Å². The van der Waals surface area contributed by atoms with Crippen molar-refractivity contribution < 1.29 is 19.3 Å². The molecule has 114 valence electrons. The summed E-state index contributed by atoms with van der Waals surface area (Å²) in [6.07, 6.45) is 1.72. The van der Waals surface area contributed by atoms with Crippen LogP contribution in [0.1, 0.15) is 19.8 Å². The Hall–Kier alpha value is -1.46. The van der Waals surface area contributed by atoms with Crippen molar-refractivity contribution in [2.75, 3.05) is 34.0 Å². The zero-order valence-corrected chi connectivity index (χ0v) is 12.5. The van der Waals surface area contributed by atoms with Gasteiger partial charge in [0.15, 0.2) is 0 Å². The summed E-state index contributed by atoms with van der Waals surface area (Å²) in [6.45, 7) is 3.66. The second-order valence-corrected chi connectivity index (χ2v) is 4.52. The molecule has 1 aromatic rings. The summed E-state index contributed by atoms with van der Waals surface area (Å²) in [5, 5.41) is 12.4. The summed E-state index contributed by atoms with van der Waals surface area (Å²) in [5.74, 6) is 2.08. The molecule has 0 amide bonds. The Labute approximate surface area is 120 Å². The van der Waals surface area contributed by atoms with E-state index in [1.54, 1.807) is 20.3 Å². The third kappa shape index (κ3) is 5.67. The number of aliphatic hydroxyl groups excluding tert-OH is 1. The van der Waals surface area contributed by atoms with Crippen molar-refractivity contribution in [2.24, 2.45) is 0 Å². The van der Waals surface area contributed by atoms with Gasteiger partial charge < -0.3 is 24.6 Å². The zero-order chi connectivity index (χ0) is 14.8. The standard InChI is InChI=1S/C15H25NO4/c1-4-6-16-12(5-7-17)11-20-15-9-13(18-2)8-14(10-15)19-3/h8-10,12,16-17H,4-7,11H2,1-3H3. The zero-order valence-electron chi connectivity index (χ0n) is 12.5. The lowest BCUT2D eigenvalue weighted by molar-refractivity contribution is 0.213. The largest absolute Gasteiger partial charge is 0.496 e. The van der Waals surface area contributed by atoms with Crippen LogP contribution in [0.2, 0.25) is 0 Å². The molecule has 2 N–H and O–H groups in total. The van der Waals surface area contributed by atoms with Gasteiger partial charge in [0.05, 0.1) is 14.2 Å². The van der Waals surface area contributed by atoms with E-state index in [1.165, 1.54) is 0 Å². The molecule has 0 radical (unpaired) electrons. The summed E-state index contributed by atoms with van der Waals surface area (Å²) in [6, 6.07) is 5.57. The maximum absolute atomic E-state index is 9.06. The van der Waals surface area contributed by atoms with Gasteiger partial charge in [-0.05, 0) is 19.4 Å². The number of hydrogen-bond donors (Lipinski definition) is 2. The van der Waals surface area contributed by atoms with Crippen molar-refractivity contribution in [2.45, 2.75) is 25.8 Å². The molecule has 0 aliphatic carbocycles. The Balaban J connectivity index is 2.61. The molecule has 0 aliphatic heterocycles. The molecule has 0 bridgehead atoms. The van der Waals surface area contributed by atoms with Gasteiger partial charge in [-0.15, -0.1) is 0 Å². The fourth-order valence-electron chi connectivity index (χ4n) is 1.81. The minimum atomic E-state index is 0.136. The average molecular weight is 283 g/mol. The molecule has 0 aromatic heterocycles. The van der Waals surface area contributed by atoms with Crippen LogP contribution in [0.5, 0.6) is 17.2 Å². The van der Waals surface area contributed by atoms with Gasteiger partial charge in [-0.3, -0.25) is 0 Å². The van der Waals surface area contributed by atoms with Gasteiger partial charge >= 0.3 is 0 Å². The highest BCUT2D eigenvalue weighted by Gasteiger charge is 2.09. The van der Waals surface area contributed by atoms with Crippen molar-refractivity contribution in [3.8, 4) is 17.2 Å². The van der Waals surface area contributed by atoms with E-state index in [0.29, 0.717) is 30.3 Å². The molecule has 0 fully saturated rings. The Morgan fingerprint density at radius 1 is 1.10 bits per heavy atom. The predicted molar refractivity (Wildman–Crippen MR) is 78.8 cm³/mol. The van der Waals surface area contributed by atoms with Gasteiger partial charge in [0, 0.05) is 30.8 Å². The van der Waals surface area contributed by atoms with Crippen molar-refractivity contribution in [3.05, 3.63) is 18.2 Å². The predicted octanol–water partition coefficient (Wildman–Crippen LogP) is 1.83. The normalized spacial score (nSPS) is 12.0. The van der Waals surface area contributed by atoms with Gasteiger partial charge in [-0.25, -0.2) is 0 Å². The molecule has 1 rings (SSSR count). The smallest absolute Gasteiger partial charge is 0.126 e. The second-order valence-electron chi connectivity index (χ2n) is 4.52. The van der Waals surface area contributed by atoms with E-state index in [4.69, 9.17) is 19.3 Å². The summed E-state index contributed by atoms with van der Waals surface area (Å²) in [4.78, 5) is 0. The van der Waals surface area contributed by atoms with Crippen molar-refractivity contribution in [1.82, 2.24) is 5.32 Å². The Morgan fingerprint density at radius 3 is 2.20 bits per heavy atom. The first-order valence-corrected chi connectivity index (χ1v) is 6.93. The van der Waals surface area contributed by atoms with E-state index < -0.39 is 0 Å². The number of ether oxygens (including phenoxy) is 3. The topological polar surface area (TPSA) is 60.0 Å². The van der Waals surface area contributed by atoms with E-state index in [-0.39, 0.29) is 12.6 Å². The number of nitrogens with one attached hydrogen (secondary N) is 1. The van der Waals surface area contributed by atoms with Crippen molar-refractivity contribution >= 4 is 0 Å². The van der Waals surface area contributed by atoms with E-state index in [0.717, 1.165) is 13.0 Å². The molecule has 0 heterocycles. The maximum atomic E-state index is 9.06. The second kappa shape index (κ2) is 9.44. The van der Waals surface area contributed by atoms with Gasteiger partial charge in [0.25, 0.3) is 0 Å². The molecule has 1 aromatic carbocycles. The van der Waals surface area contributed by atoms with Crippen LogP contribution in [-0.4, -0.2) is 45.1 Å². The van der Waals surface area contributed by atoms with Crippen LogP contribution in [0.25, 0.3) is 0 Å². The highest BCUT2D eigenvalue weighted by molar-refractivity contribution is 5.42. The van der Waals surface area contributed by atoms with Crippen molar-refractivity contribution in [3.63, 3.8) is 0 Å². The molecular formula is C15H25NO4. The summed E-state index contributed by atoms with van der Waals surface area (Å²) in [7, 11) is 3.21. The SMILES string of the molecule is CCCNC(CCO)COc1cc(OC)cc(OC)c1. The summed E-state index contributed by atoms with van der Waals surface area (Å²) in [5.41, 5.74) is 0. The Kier molecular flexibility index (Phi) is 7.84. The van der Waals surface area contributed by atoms with E-state index in [9.17, 15) is 0 Å². The molecule has 5 heteroatoms. The van der Waals surface area contributed by atoms with Crippen LogP contribution < -0.4 is 19.5 Å². The first-order valence-electron chi connectivity index (χ1n) is 6.93. The van der Waals surface area contributed by atoms with Gasteiger partial charge in [-0.1, -0.05) is 6.92 Å². The van der Waals surface area contributed by atoms with Crippen LogP contribution in [0.4, 0.5) is 0 Å². The first kappa shape index (κ1) is 16.6. The monoisotopic (exact) mass is 283 g/mol. The minimum Gasteiger partial charge on any atom is -0.496 e. The lowest BCUT2D eigenvalue weighted by Crippen LogP contribution is -2.36. The third-order valence-electron chi connectivity index (χ3n) is 2.94. The Morgan fingerprint density at radius 2 is 1.70 bits per heavy atom. The van der Waals surface area contributed by atoms with Crippen LogP contribution in [0.3, 0.4) is 0 Å². The quantitative estimate of drug-likeness (QED) is 0.686. The van der Waals surface area contributed by atoms with Crippen LogP contribution in [-0.2, 0) is 0 Å². The van der Waals surface area contributed by atoms with Crippen LogP contribution in [0.15, 0.2) is 18.2 Å². The van der Waals surface area contributed by atoms with E-state index >= 15 is 0 Å². The molecule has 1 atom stereocenters. The van der Waals surface area contributed by atoms with Crippen LogP contribution in [0, 0.1) is 0 Å². The molecule has 0 aliphatic rings. The third-order valence-corrected chi connectivity index (χ3v) is 2.94. The fourth-order valence-corrected chi connectivity index (χ4v) is 1.81. The minimum absolute atomic E-state index is 0.136. The van der Waals surface area contributed by atoms with E-state index in [2.05, 4.69) is 12.2 Å². The molecule has 0 saturated heterocycles. The molecule has 1 unspecified atom stereocenters. The molecular weight excluding hydrogens is 258 g/mol. The number of methoxy groups -OCH3 is 2. The number of aliphatic hydroxyl groups is 1. The molecule has 0 spiro atoms. The van der Waals surface area contributed by atoms with Gasteiger partial charge in [0.2, 0.25) is 0 Å². The maximum Gasteiger partial charge on any atom is 0.126 e. The highest BCUT2D eigenvalue weighted by Crippen LogP contribution is 2.27. The number of rotatable bonds is 10. The number of hydrogen-bond acceptors (Lipinski definition) is 5. The highest BCUT2D eigenvalue weighted by atomic mass is 16.5. The van der Waals surface area contributed by atoms with Gasteiger partial charge in [-0.2, -0.15) is 0 Å². The first-order chi connectivity index (χ1) is 9.73. The van der Waals surface area contributed by atoms with E-state index in [1.807, 2.05) is 12.1 Å². The molecule has 20 heavy (non-hydrogen) atoms. The summed E-state index contributed by atoms with van der Waals surface area (Å²) >= 11 is 0. The lowest BCUT2D eigenvalue weighted by atomic mass is 10.2. The average Bonchev–Trinajstić information content (AvgIpc) is 2.49. The Bertz CT molecular complexity index is 362. The summed E-state index contributed by atoms with van der Waals surface area (Å²) < 4.78 is 16.2. The van der Waals surface area contributed by atoms with Crippen LogP contribution >= 0.6 is 0 Å². The fraction of sp³-hybridized carbons (Fsp3) is 0.600. The number of benzene rings is 1. The molecule has 0 saturated carbocycles.